The predicted octanol–water partition coefficient (Wildman–Crippen LogP) is 2.70. The monoisotopic (exact) mass is 340 g/mol. The Morgan fingerprint density at radius 3 is 2.92 bits per heavy atom. The van der Waals surface area contributed by atoms with Crippen molar-refractivity contribution in [2.75, 3.05) is 19.9 Å². The molecule has 0 saturated carbocycles. The lowest BCUT2D eigenvalue weighted by molar-refractivity contribution is -0.143. The third-order valence-corrected chi connectivity index (χ3v) is 4.88. The molecule has 0 spiro atoms. The number of nitrogens with zero attached hydrogens (tertiary/aromatic N) is 2. The Balaban J connectivity index is 1.71. The molecule has 25 heavy (non-hydrogen) atoms. The fourth-order valence-corrected chi connectivity index (χ4v) is 3.68. The van der Waals surface area contributed by atoms with Crippen molar-refractivity contribution in [1.82, 2.24) is 9.88 Å². The molecule has 2 aromatic rings. The quantitative estimate of drug-likeness (QED) is 0.923. The number of aliphatic carboxylic acids is 1. The molecule has 1 N–H and O–H groups in total. The molecular formula is C19H20N2O4. The fraction of sp³-hybridized carbons (Fsp3) is 0.368. The molecule has 0 aliphatic carbocycles. The third-order valence-electron chi connectivity index (χ3n) is 4.88. The number of ether oxygens (including phenoxy) is 2. The van der Waals surface area contributed by atoms with E-state index in [9.17, 15) is 9.90 Å². The summed E-state index contributed by atoms with van der Waals surface area (Å²) in [5, 5.41) is 9.43. The third kappa shape index (κ3) is 3.17. The van der Waals surface area contributed by atoms with Crippen LogP contribution in [-0.2, 0) is 4.79 Å². The summed E-state index contributed by atoms with van der Waals surface area (Å²) < 4.78 is 10.9. The van der Waals surface area contributed by atoms with Gasteiger partial charge in [-0.05, 0) is 48.7 Å². The Hall–Kier alpha value is -2.60. The maximum Gasteiger partial charge on any atom is 0.307 e. The second kappa shape index (κ2) is 6.72. The smallest absolute Gasteiger partial charge is 0.307 e. The highest BCUT2D eigenvalue weighted by Gasteiger charge is 2.32. The van der Waals surface area contributed by atoms with Gasteiger partial charge >= 0.3 is 5.97 Å². The number of rotatable bonds is 4. The first kappa shape index (κ1) is 15.9. The van der Waals surface area contributed by atoms with Crippen molar-refractivity contribution in [1.29, 1.82) is 0 Å². The summed E-state index contributed by atoms with van der Waals surface area (Å²) in [6, 6.07) is 9.82. The minimum atomic E-state index is -0.722. The minimum absolute atomic E-state index is 0.0506. The van der Waals surface area contributed by atoms with Crippen molar-refractivity contribution in [2.24, 2.45) is 5.92 Å². The second-order valence-corrected chi connectivity index (χ2v) is 6.47. The van der Waals surface area contributed by atoms with Crippen LogP contribution in [0.2, 0.25) is 0 Å². The molecule has 2 unspecified atom stereocenters. The summed E-state index contributed by atoms with van der Waals surface area (Å²) in [7, 11) is 0. The number of fused-ring (bicyclic) bond motifs is 1. The van der Waals surface area contributed by atoms with E-state index in [0.717, 1.165) is 42.0 Å². The number of piperidine rings is 1. The lowest BCUT2D eigenvalue weighted by Crippen LogP contribution is -2.41. The number of hydrogen-bond donors (Lipinski definition) is 1. The van der Waals surface area contributed by atoms with Crippen LogP contribution in [0.1, 0.15) is 30.0 Å². The molecule has 130 valence electrons. The van der Waals surface area contributed by atoms with Crippen LogP contribution in [0.25, 0.3) is 0 Å². The van der Waals surface area contributed by atoms with Crippen molar-refractivity contribution in [2.45, 2.75) is 18.9 Å². The van der Waals surface area contributed by atoms with Crippen LogP contribution < -0.4 is 9.47 Å². The minimum Gasteiger partial charge on any atom is -0.481 e. The number of hydrogen-bond acceptors (Lipinski definition) is 5. The molecular weight excluding hydrogens is 320 g/mol. The molecule has 1 aromatic carbocycles. The number of likely N-dealkylation sites (tertiary alicyclic amines) is 1. The number of pyridine rings is 1. The van der Waals surface area contributed by atoms with Crippen molar-refractivity contribution in [3.8, 4) is 11.5 Å². The first-order valence-corrected chi connectivity index (χ1v) is 8.48. The molecule has 2 atom stereocenters. The molecule has 4 rings (SSSR count). The summed E-state index contributed by atoms with van der Waals surface area (Å²) in [6.07, 6.45) is 5.20. The van der Waals surface area contributed by atoms with Gasteiger partial charge in [-0.3, -0.25) is 14.7 Å². The van der Waals surface area contributed by atoms with Crippen LogP contribution in [0.5, 0.6) is 11.5 Å². The first-order chi connectivity index (χ1) is 12.2. The Morgan fingerprint density at radius 1 is 1.24 bits per heavy atom. The first-order valence-electron chi connectivity index (χ1n) is 8.48. The highest BCUT2D eigenvalue weighted by molar-refractivity contribution is 5.70. The highest BCUT2D eigenvalue weighted by Crippen LogP contribution is 2.38. The molecule has 0 radical (unpaired) electrons. The average molecular weight is 340 g/mol. The summed E-state index contributed by atoms with van der Waals surface area (Å²) in [4.78, 5) is 18.0. The number of carboxylic acid groups (broad SMARTS) is 1. The van der Waals surface area contributed by atoms with E-state index in [1.807, 2.05) is 36.5 Å². The van der Waals surface area contributed by atoms with Crippen molar-refractivity contribution in [3.05, 3.63) is 53.9 Å². The molecule has 6 nitrogen and oxygen atoms in total. The zero-order chi connectivity index (χ0) is 17.2. The van der Waals surface area contributed by atoms with Gasteiger partial charge < -0.3 is 14.6 Å². The standard InChI is InChI=1S/C19H20N2O4/c22-19(23)15-4-2-8-21(11-15)18(14-3-1-7-20-10-14)13-5-6-16-17(9-13)25-12-24-16/h1,3,5-7,9-10,15,18H,2,4,8,11-12H2,(H,22,23). The van der Waals surface area contributed by atoms with Crippen LogP contribution in [0.15, 0.2) is 42.7 Å². The van der Waals surface area contributed by atoms with E-state index in [1.165, 1.54) is 0 Å². The average Bonchev–Trinajstić information content (AvgIpc) is 3.11. The number of carbonyl (C=O) groups is 1. The molecule has 1 saturated heterocycles. The van der Waals surface area contributed by atoms with E-state index in [0.29, 0.717) is 6.54 Å². The largest absolute Gasteiger partial charge is 0.481 e. The Kier molecular flexibility index (Phi) is 4.28. The number of aromatic nitrogens is 1. The van der Waals surface area contributed by atoms with E-state index in [-0.39, 0.29) is 18.8 Å². The van der Waals surface area contributed by atoms with Gasteiger partial charge in [-0.1, -0.05) is 12.1 Å². The van der Waals surface area contributed by atoms with Crippen LogP contribution in [0.3, 0.4) is 0 Å². The number of carboxylic acids is 1. The van der Waals surface area contributed by atoms with Crippen molar-refractivity contribution >= 4 is 5.97 Å². The van der Waals surface area contributed by atoms with Gasteiger partial charge in [0.05, 0.1) is 12.0 Å². The molecule has 2 aliphatic rings. The second-order valence-electron chi connectivity index (χ2n) is 6.47. The van der Waals surface area contributed by atoms with Crippen LogP contribution in [-0.4, -0.2) is 40.8 Å². The zero-order valence-corrected chi connectivity index (χ0v) is 13.8. The topological polar surface area (TPSA) is 71.9 Å². The van der Waals surface area contributed by atoms with Gasteiger partial charge in [-0.2, -0.15) is 0 Å². The summed E-state index contributed by atoms with van der Waals surface area (Å²) in [6.45, 7) is 1.63. The van der Waals surface area contributed by atoms with Crippen LogP contribution in [0.4, 0.5) is 0 Å². The molecule has 6 heteroatoms. The number of benzene rings is 1. The van der Waals surface area contributed by atoms with Gasteiger partial charge in [-0.15, -0.1) is 0 Å². The SMILES string of the molecule is O=C(O)C1CCCN(C(c2cccnc2)c2ccc3c(c2)OCO3)C1. The Labute approximate surface area is 146 Å². The van der Waals surface area contributed by atoms with E-state index in [2.05, 4.69) is 9.88 Å². The van der Waals surface area contributed by atoms with E-state index < -0.39 is 5.97 Å². The zero-order valence-electron chi connectivity index (χ0n) is 13.8. The van der Waals surface area contributed by atoms with Crippen molar-refractivity contribution in [3.63, 3.8) is 0 Å². The van der Waals surface area contributed by atoms with Crippen LogP contribution >= 0.6 is 0 Å². The lowest BCUT2D eigenvalue weighted by Gasteiger charge is -2.37. The fourth-order valence-electron chi connectivity index (χ4n) is 3.68. The molecule has 2 aliphatic heterocycles. The summed E-state index contributed by atoms with van der Waals surface area (Å²) in [5.74, 6) is 0.427. The van der Waals surface area contributed by atoms with Crippen LogP contribution in [0, 0.1) is 5.92 Å². The highest BCUT2D eigenvalue weighted by atomic mass is 16.7. The van der Waals surface area contributed by atoms with Gasteiger partial charge in [0.2, 0.25) is 6.79 Å². The maximum absolute atomic E-state index is 11.5. The van der Waals surface area contributed by atoms with Gasteiger partial charge in [0.1, 0.15) is 0 Å². The predicted molar refractivity (Wildman–Crippen MR) is 90.6 cm³/mol. The molecule has 0 amide bonds. The normalized spacial score (nSPS) is 21.0. The molecule has 1 fully saturated rings. The van der Waals surface area contributed by atoms with E-state index in [4.69, 9.17) is 9.47 Å². The summed E-state index contributed by atoms with van der Waals surface area (Å²) >= 11 is 0. The maximum atomic E-state index is 11.5. The van der Waals surface area contributed by atoms with E-state index >= 15 is 0 Å². The molecule has 3 heterocycles. The Morgan fingerprint density at radius 2 is 2.12 bits per heavy atom. The molecule has 1 aromatic heterocycles. The van der Waals surface area contributed by atoms with Crippen molar-refractivity contribution < 1.29 is 19.4 Å². The Bertz CT molecular complexity index is 765. The summed E-state index contributed by atoms with van der Waals surface area (Å²) in [5.41, 5.74) is 2.11. The molecule has 0 bridgehead atoms. The van der Waals surface area contributed by atoms with Gasteiger partial charge in [0, 0.05) is 18.9 Å². The van der Waals surface area contributed by atoms with Gasteiger partial charge in [0.15, 0.2) is 11.5 Å². The van der Waals surface area contributed by atoms with E-state index in [1.54, 1.807) is 6.20 Å². The van der Waals surface area contributed by atoms with Gasteiger partial charge in [-0.25, -0.2) is 0 Å². The lowest BCUT2D eigenvalue weighted by atomic mass is 9.92. The van der Waals surface area contributed by atoms with Gasteiger partial charge in [0.25, 0.3) is 0 Å².